The van der Waals surface area contributed by atoms with Crippen LogP contribution in [-0.4, -0.2) is 7.05 Å². The Morgan fingerprint density at radius 1 is 1.50 bits per heavy atom. The first-order valence-corrected chi connectivity index (χ1v) is 5.28. The number of hydrogen-bond donors (Lipinski definition) is 1. The lowest BCUT2D eigenvalue weighted by atomic mass is 10.0. The van der Waals surface area contributed by atoms with Crippen molar-refractivity contribution < 1.29 is 4.42 Å². The molecule has 2 nitrogen and oxygen atoms in total. The maximum atomic E-state index is 5.67. The van der Waals surface area contributed by atoms with Gasteiger partial charge in [0, 0.05) is 0 Å². The summed E-state index contributed by atoms with van der Waals surface area (Å²) in [6, 6.07) is 4.51. The van der Waals surface area contributed by atoms with E-state index >= 15 is 0 Å². The molecule has 0 aromatic carbocycles. The molecule has 1 aromatic rings. The minimum atomic E-state index is 0.388. The van der Waals surface area contributed by atoms with E-state index < -0.39 is 0 Å². The van der Waals surface area contributed by atoms with E-state index in [2.05, 4.69) is 25.2 Å². The highest BCUT2D eigenvalue weighted by molar-refractivity contribution is 5.15. The van der Waals surface area contributed by atoms with Crippen LogP contribution in [0.1, 0.15) is 37.8 Å². The number of hydrogen-bond acceptors (Lipinski definition) is 2. The van der Waals surface area contributed by atoms with Crippen molar-refractivity contribution in [2.45, 2.75) is 33.2 Å². The molecule has 1 aromatic heterocycles. The van der Waals surface area contributed by atoms with Crippen LogP contribution in [0.4, 0.5) is 0 Å². The lowest BCUT2D eigenvalue weighted by Gasteiger charge is -2.15. The summed E-state index contributed by atoms with van der Waals surface area (Å²) in [5.41, 5.74) is 0.481. The summed E-state index contributed by atoms with van der Waals surface area (Å²) in [4.78, 5) is 0. The molecule has 78 valence electrons. The van der Waals surface area contributed by atoms with Gasteiger partial charge in [-0.05, 0) is 43.9 Å². The fourth-order valence-corrected chi connectivity index (χ4v) is 2.24. The molecule has 2 unspecified atom stereocenters. The number of nitrogens with one attached hydrogen (secondary N) is 1. The van der Waals surface area contributed by atoms with Gasteiger partial charge < -0.3 is 9.73 Å². The molecule has 1 heterocycles. The highest BCUT2D eigenvalue weighted by Gasteiger charge is 2.50. The zero-order valence-electron chi connectivity index (χ0n) is 9.42. The minimum Gasteiger partial charge on any atom is -0.465 e. The maximum Gasteiger partial charge on any atom is 0.121 e. The highest BCUT2D eigenvalue weighted by atomic mass is 16.3. The largest absolute Gasteiger partial charge is 0.465 e. The monoisotopic (exact) mass is 193 g/mol. The van der Waals surface area contributed by atoms with Crippen molar-refractivity contribution in [3.8, 4) is 0 Å². The standard InChI is InChI=1S/C12H19NO/c1-8-5-6-10(14-8)11(13-4)9-7-12(9,2)3/h5-6,9,11,13H,7H2,1-4H3. The summed E-state index contributed by atoms with van der Waals surface area (Å²) in [5, 5.41) is 3.36. The first-order valence-electron chi connectivity index (χ1n) is 5.28. The van der Waals surface area contributed by atoms with Crippen LogP contribution < -0.4 is 5.32 Å². The summed E-state index contributed by atoms with van der Waals surface area (Å²) < 4.78 is 5.67. The molecule has 0 spiro atoms. The molecule has 14 heavy (non-hydrogen) atoms. The van der Waals surface area contributed by atoms with Gasteiger partial charge in [0.05, 0.1) is 6.04 Å². The van der Waals surface area contributed by atoms with Gasteiger partial charge in [0.2, 0.25) is 0 Å². The Labute approximate surface area is 85.7 Å². The minimum absolute atomic E-state index is 0.388. The molecule has 2 heteroatoms. The predicted molar refractivity (Wildman–Crippen MR) is 57.1 cm³/mol. The SMILES string of the molecule is CNC(c1ccc(C)o1)C1CC1(C)C. The van der Waals surface area contributed by atoms with Crippen molar-refractivity contribution in [1.29, 1.82) is 0 Å². The fourth-order valence-electron chi connectivity index (χ4n) is 2.24. The highest BCUT2D eigenvalue weighted by Crippen LogP contribution is 2.57. The average Bonchev–Trinajstić information content (AvgIpc) is 2.56. The fraction of sp³-hybridized carbons (Fsp3) is 0.667. The van der Waals surface area contributed by atoms with Gasteiger partial charge in [-0.15, -0.1) is 0 Å². The van der Waals surface area contributed by atoms with E-state index in [4.69, 9.17) is 4.42 Å². The summed E-state index contributed by atoms with van der Waals surface area (Å²) in [7, 11) is 2.01. The van der Waals surface area contributed by atoms with Gasteiger partial charge in [0.15, 0.2) is 0 Å². The molecule has 0 saturated heterocycles. The summed E-state index contributed by atoms with van der Waals surface area (Å²) >= 11 is 0. The van der Waals surface area contributed by atoms with Crippen molar-refractivity contribution in [3.63, 3.8) is 0 Å². The van der Waals surface area contributed by atoms with Crippen LogP contribution in [0.25, 0.3) is 0 Å². The van der Waals surface area contributed by atoms with Gasteiger partial charge >= 0.3 is 0 Å². The molecule has 0 radical (unpaired) electrons. The molecule has 2 rings (SSSR count). The topological polar surface area (TPSA) is 25.2 Å². The molecule has 1 fully saturated rings. The van der Waals surface area contributed by atoms with E-state index in [1.807, 2.05) is 20.0 Å². The van der Waals surface area contributed by atoms with E-state index in [-0.39, 0.29) is 0 Å². The molecule has 1 saturated carbocycles. The quantitative estimate of drug-likeness (QED) is 0.798. The van der Waals surface area contributed by atoms with Crippen LogP contribution in [0.5, 0.6) is 0 Å². The van der Waals surface area contributed by atoms with Gasteiger partial charge in [0.1, 0.15) is 11.5 Å². The van der Waals surface area contributed by atoms with Gasteiger partial charge in [-0.3, -0.25) is 0 Å². The van der Waals surface area contributed by atoms with E-state index in [0.29, 0.717) is 11.5 Å². The van der Waals surface area contributed by atoms with E-state index in [9.17, 15) is 0 Å². The van der Waals surface area contributed by atoms with Gasteiger partial charge in [-0.25, -0.2) is 0 Å². The Balaban J connectivity index is 2.15. The third-order valence-electron chi connectivity index (χ3n) is 3.37. The molecule has 1 aliphatic carbocycles. The second-order valence-corrected chi connectivity index (χ2v) is 5.01. The van der Waals surface area contributed by atoms with Crippen molar-refractivity contribution in [2.24, 2.45) is 11.3 Å². The molecule has 1 aliphatic rings. The van der Waals surface area contributed by atoms with Gasteiger partial charge in [-0.1, -0.05) is 13.8 Å². The Morgan fingerprint density at radius 3 is 2.50 bits per heavy atom. The molecule has 0 aliphatic heterocycles. The second kappa shape index (κ2) is 3.13. The first kappa shape index (κ1) is 9.78. The number of rotatable bonds is 3. The Bertz CT molecular complexity index is 327. The summed E-state index contributed by atoms with van der Waals surface area (Å²) in [5.74, 6) is 2.80. The van der Waals surface area contributed by atoms with Gasteiger partial charge in [0.25, 0.3) is 0 Å². The third-order valence-corrected chi connectivity index (χ3v) is 3.37. The molecular weight excluding hydrogens is 174 g/mol. The Hall–Kier alpha value is -0.760. The van der Waals surface area contributed by atoms with Crippen molar-refractivity contribution in [1.82, 2.24) is 5.32 Å². The van der Waals surface area contributed by atoms with Gasteiger partial charge in [-0.2, -0.15) is 0 Å². The third kappa shape index (κ3) is 1.59. The summed E-state index contributed by atoms with van der Waals surface area (Å²) in [6.07, 6.45) is 1.29. The van der Waals surface area contributed by atoms with Crippen LogP contribution in [-0.2, 0) is 0 Å². The molecule has 0 bridgehead atoms. The molecular formula is C12H19NO. The van der Waals surface area contributed by atoms with Crippen LogP contribution in [0.15, 0.2) is 16.5 Å². The zero-order chi connectivity index (χ0) is 10.3. The van der Waals surface area contributed by atoms with E-state index in [1.165, 1.54) is 6.42 Å². The molecule has 2 atom stereocenters. The van der Waals surface area contributed by atoms with Crippen LogP contribution >= 0.6 is 0 Å². The van der Waals surface area contributed by atoms with Crippen molar-refractivity contribution in [2.75, 3.05) is 7.05 Å². The van der Waals surface area contributed by atoms with E-state index in [0.717, 1.165) is 17.4 Å². The smallest absolute Gasteiger partial charge is 0.121 e. The maximum absolute atomic E-state index is 5.67. The Kier molecular flexibility index (Phi) is 2.18. The van der Waals surface area contributed by atoms with Crippen molar-refractivity contribution in [3.05, 3.63) is 23.7 Å². The van der Waals surface area contributed by atoms with Crippen LogP contribution in [0, 0.1) is 18.3 Å². The average molecular weight is 193 g/mol. The normalized spacial score (nSPS) is 26.1. The van der Waals surface area contributed by atoms with Crippen LogP contribution in [0.2, 0.25) is 0 Å². The lowest BCUT2D eigenvalue weighted by molar-refractivity contribution is 0.359. The molecule has 0 amide bonds. The summed E-state index contributed by atoms with van der Waals surface area (Å²) in [6.45, 7) is 6.63. The van der Waals surface area contributed by atoms with Crippen LogP contribution in [0.3, 0.4) is 0 Å². The predicted octanol–water partition coefficient (Wildman–Crippen LogP) is 2.89. The number of furan rings is 1. The first-order chi connectivity index (χ1) is 6.54. The van der Waals surface area contributed by atoms with Crippen molar-refractivity contribution >= 4 is 0 Å². The van der Waals surface area contributed by atoms with E-state index in [1.54, 1.807) is 0 Å². The zero-order valence-corrected chi connectivity index (χ0v) is 9.42. The molecule has 1 N–H and O–H groups in total. The second-order valence-electron chi connectivity index (χ2n) is 5.01. The Morgan fingerprint density at radius 2 is 2.14 bits per heavy atom. The number of aryl methyl sites for hydroxylation is 1. The lowest BCUT2D eigenvalue weighted by Crippen LogP contribution is -2.19.